The number of benzene rings is 2. The number of rotatable bonds is 3. The Bertz CT molecular complexity index is 1130. The van der Waals surface area contributed by atoms with Crippen molar-refractivity contribution in [2.24, 2.45) is 0 Å². The summed E-state index contributed by atoms with van der Waals surface area (Å²) in [4.78, 5) is 26.6. The number of hydrogen-bond donors (Lipinski definition) is 1. The number of hydrogen-bond acceptors (Lipinski definition) is 4. The highest BCUT2D eigenvalue weighted by molar-refractivity contribution is 5.90. The van der Waals surface area contributed by atoms with E-state index in [0.717, 1.165) is 52.8 Å². The van der Waals surface area contributed by atoms with Crippen LogP contribution in [0.3, 0.4) is 0 Å². The molecule has 0 spiro atoms. The second-order valence-electron chi connectivity index (χ2n) is 8.60. The van der Waals surface area contributed by atoms with Crippen molar-refractivity contribution in [3.8, 4) is 11.4 Å². The van der Waals surface area contributed by atoms with Crippen LogP contribution in [0.15, 0.2) is 42.5 Å². The Labute approximate surface area is 190 Å². The molecule has 0 saturated carbocycles. The number of aromatic nitrogens is 2. The summed E-state index contributed by atoms with van der Waals surface area (Å²) in [6.45, 7) is 13.1. The number of nitrogens with one attached hydrogen (secondary N) is 1. The van der Waals surface area contributed by atoms with E-state index in [-0.39, 0.29) is 6.03 Å². The molecule has 2 aromatic carbocycles. The molecular formula is C26H31N5O. The number of anilines is 2. The van der Waals surface area contributed by atoms with Crippen LogP contribution in [0.5, 0.6) is 0 Å². The quantitative estimate of drug-likeness (QED) is 0.634. The summed E-state index contributed by atoms with van der Waals surface area (Å²) < 4.78 is 0. The summed E-state index contributed by atoms with van der Waals surface area (Å²) in [5.41, 5.74) is 7.47. The van der Waals surface area contributed by atoms with Gasteiger partial charge in [-0.25, -0.2) is 14.8 Å². The second kappa shape index (κ2) is 8.99. The topological polar surface area (TPSA) is 61.4 Å². The third-order valence-electron chi connectivity index (χ3n) is 6.39. The summed E-state index contributed by atoms with van der Waals surface area (Å²) in [6.07, 6.45) is 0. The normalized spacial score (nSPS) is 13.9. The average molecular weight is 430 g/mol. The predicted molar refractivity (Wildman–Crippen MR) is 130 cm³/mol. The van der Waals surface area contributed by atoms with E-state index in [1.165, 1.54) is 11.1 Å². The largest absolute Gasteiger partial charge is 0.353 e. The van der Waals surface area contributed by atoms with E-state index in [1.54, 1.807) is 0 Å². The number of aryl methyl sites for hydroxylation is 3. The predicted octanol–water partition coefficient (Wildman–Crippen LogP) is 5.04. The zero-order chi connectivity index (χ0) is 22.8. The van der Waals surface area contributed by atoms with Crippen molar-refractivity contribution in [3.05, 3.63) is 70.4 Å². The average Bonchev–Trinajstić information content (AvgIpc) is 2.79. The Morgan fingerprint density at radius 2 is 1.53 bits per heavy atom. The molecule has 6 heteroatoms. The van der Waals surface area contributed by atoms with Crippen LogP contribution in [-0.2, 0) is 0 Å². The lowest BCUT2D eigenvalue weighted by Crippen LogP contribution is -2.50. The lowest BCUT2D eigenvalue weighted by atomic mass is 10.1. The van der Waals surface area contributed by atoms with Gasteiger partial charge in [0.1, 0.15) is 5.82 Å². The Kier molecular flexibility index (Phi) is 6.12. The first kappa shape index (κ1) is 21.8. The molecule has 4 rings (SSSR count). The number of carbonyl (C=O) groups excluding carboxylic acids is 1. The van der Waals surface area contributed by atoms with Crippen LogP contribution in [0.25, 0.3) is 11.4 Å². The van der Waals surface area contributed by atoms with Crippen molar-refractivity contribution < 1.29 is 4.79 Å². The molecule has 166 valence electrons. The van der Waals surface area contributed by atoms with Gasteiger partial charge >= 0.3 is 6.03 Å². The van der Waals surface area contributed by atoms with Gasteiger partial charge in [0, 0.05) is 48.7 Å². The Morgan fingerprint density at radius 3 is 2.22 bits per heavy atom. The van der Waals surface area contributed by atoms with Gasteiger partial charge in [0.05, 0.1) is 0 Å². The van der Waals surface area contributed by atoms with Crippen molar-refractivity contribution in [1.82, 2.24) is 14.9 Å². The maximum absolute atomic E-state index is 12.8. The second-order valence-corrected chi connectivity index (χ2v) is 8.60. The minimum Gasteiger partial charge on any atom is -0.353 e. The van der Waals surface area contributed by atoms with Gasteiger partial charge in [-0.2, -0.15) is 0 Å². The zero-order valence-corrected chi connectivity index (χ0v) is 19.6. The fourth-order valence-electron chi connectivity index (χ4n) is 3.96. The highest BCUT2D eigenvalue weighted by Crippen LogP contribution is 2.26. The van der Waals surface area contributed by atoms with Crippen molar-refractivity contribution >= 4 is 17.5 Å². The fourth-order valence-corrected chi connectivity index (χ4v) is 3.96. The summed E-state index contributed by atoms with van der Waals surface area (Å²) in [6, 6.07) is 14.2. The minimum absolute atomic E-state index is 0.0470. The molecule has 0 atom stereocenters. The highest BCUT2D eigenvalue weighted by atomic mass is 16.2. The SMILES string of the molecule is Cc1ccc(-c2nc(C)c(C)c(N3CCN(C(=O)Nc4cccc(C)c4C)CC3)n2)cc1. The van der Waals surface area contributed by atoms with E-state index in [4.69, 9.17) is 9.97 Å². The van der Waals surface area contributed by atoms with E-state index in [9.17, 15) is 4.79 Å². The number of amides is 2. The van der Waals surface area contributed by atoms with Gasteiger partial charge in [0.15, 0.2) is 5.82 Å². The molecule has 2 amide bonds. The summed E-state index contributed by atoms with van der Waals surface area (Å²) in [7, 11) is 0. The monoisotopic (exact) mass is 429 g/mol. The molecule has 32 heavy (non-hydrogen) atoms. The van der Waals surface area contributed by atoms with E-state index in [0.29, 0.717) is 13.1 Å². The van der Waals surface area contributed by atoms with E-state index in [2.05, 4.69) is 61.3 Å². The smallest absolute Gasteiger partial charge is 0.321 e. The van der Waals surface area contributed by atoms with Crippen molar-refractivity contribution in [2.75, 3.05) is 36.4 Å². The molecular weight excluding hydrogens is 398 g/mol. The van der Waals surface area contributed by atoms with Crippen LogP contribution in [0, 0.1) is 34.6 Å². The van der Waals surface area contributed by atoms with Crippen molar-refractivity contribution in [3.63, 3.8) is 0 Å². The van der Waals surface area contributed by atoms with Crippen LogP contribution in [0.4, 0.5) is 16.3 Å². The van der Waals surface area contributed by atoms with Gasteiger partial charge in [-0.1, -0.05) is 42.0 Å². The third kappa shape index (κ3) is 4.44. The fraction of sp³-hybridized carbons (Fsp3) is 0.346. The molecule has 0 unspecified atom stereocenters. The molecule has 1 aromatic heterocycles. The standard InChI is InChI=1S/C26H31N5O/c1-17-9-11-22(12-10-17)24-27-21(5)20(4)25(29-24)30-13-15-31(16-14-30)26(32)28-23-8-6-7-18(2)19(23)3/h6-12H,13-16H2,1-5H3,(H,28,32). The van der Waals surface area contributed by atoms with E-state index in [1.807, 2.05) is 30.9 Å². The first-order valence-corrected chi connectivity index (χ1v) is 11.1. The van der Waals surface area contributed by atoms with Gasteiger partial charge in [-0.15, -0.1) is 0 Å². The lowest BCUT2D eigenvalue weighted by molar-refractivity contribution is 0.208. The number of urea groups is 1. The molecule has 3 aromatic rings. The van der Waals surface area contributed by atoms with Gasteiger partial charge in [-0.05, 0) is 51.8 Å². The van der Waals surface area contributed by atoms with E-state index < -0.39 is 0 Å². The van der Waals surface area contributed by atoms with Crippen LogP contribution in [0.1, 0.15) is 27.9 Å². The Balaban J connectivity index is 1.47. The summed E-state index contributed by atoms with van der Waals surface area (Å²) in [5, 5.41) is 3.07. The molecule has 1 fully saturated rings. The van der Waals surface area contributed by atoms with Crippen LogP contribution >= 0.6 is 0 Å². The third-order valence-corrected chi connectivity index (χ3v) is 6.39. The molecule has 0 aliphatic carbocycles. The Hall–Kier alpha value is -3.41. The molecule has 1 N–H and O–H groups in total. The minimum atomic E-state index is -0.0470. The summed E-state index contributed by atoms with van der Waals surface area (Å²) >= 11 is 0. The van der Waals surface area contributed by atoms with Gasteiger partial charge < -0.3 is 15.1 Å². The summed E-state index contributed by atoms with van der Waals surface area (Å²) in [5.74, 6) is 1.71. The maximum atomic E-state index is 12.8. The van der Waals surface area contributed by atoms with Gasteiger partial charge in [0.2, 0.25) is 0 Å². The maximum Gasteiger partial charge on any atom is 0.321 e. The molecule has 0 radical (unpaired) electrons. The molecule has 1 aliphatic rings. The molecule has 1 aliphatic heterocycles. The van der Waals surface area contributed by atoms with Crippen LogP contribution in [0.2, 0.25) is 0 Å². The lowest BCUT2D eigenvalue weighted by Gasteiger charge is -2.36. The van der Waals surface area contributed by atoms with Crippen molar-refractivity contribution in [1.29, 1.82) is 0 Å². The van der Waals surface area contributed by atoms with Gasteiger partial charge in [-0.3, -0.25) is 0 Å². The first-order chi connectivity index (χ1) is 15.3. The van der Waals surface area contributed by atoms with Crippen molar-refractivity contribution in [2.45, 2.75) is 34.6 Å². The molecule has 0 bridgehead atoms. The molecule has 6 nitrogen and oxygen atoms in total. The van der Waals surface area contributed by atoms with Crippen LogP contribution < -0.4 is 10.2 Å². The molecule has 2 heterocycles. The van der Waals surface area contributed by atoms with Gasteiger partial charge in [0.25, 0.3) is 0 Å². The zero-order valence-electron chi connectivity index (χ0n) is 19.6. The number of carbonyl (C=O) groups is 1. The molecule has 1 saturated heterocycles. The van der Waals surface area contributed by atoms with E-state index >= 15 is 0 Å². The first-order valence-electron chi connectivity index (χ1n) is 11.1. The highest BCUT2D eigenvalue weighted by Gasteiger charge is 2.24. The Morgan fingerprint density at radius 1 is 0.844 bits per heavy atom. The number of nitrogens with zero attached hydrogens (tertiary/aromatic N) is 4. The number of piperazine rings is 1. The van der Waals surface area contributed by atoms with Crippen LogP contribution in [-0.4, -0.2) is 47.1 Å².